The van der Waals surface area contributed by atoms with Gasteiger partial charge in [0.05, 0.1) is 0 Å². The lowest BCUT2D eigenvalue weighted by atomic mass is 9.83. The predicted molar refractivity (Wildman–Crippen MR) is 105 cm³/mol. The van der Waals surface area contributed by atoms with Crippen LogP contribution in [0.4, 0.5) is 0 Å². The molecule has 1 rings (SSSR count). The fraction of sp³-hybridized carbons (Fsp3) is 1.00. The van der Waals surface area contributed by atoms with Crippen molar-refractivity contribution in [2.45, 2.75) is 135 Å². The molecular formula is C22H45N. The van der Waals surface area contributed by atoms with Crippen LogP contribution < -0.4 is 5.73 Å². The van der Waals surface area contributed by atoms with Gasteiger partial charge in [-0.15, -0.1) is 0 Å². The van der Waals surface area contributed by atoms with E-state index >= 15 is 0 Å². The van der Waals surface area contributed by atoms with E-state index in [1.807, 2.05) is 0 Å². The van der Waals surface area contributed by atoms with Gasteiger partial charge in [0.2, 0.25) is 0 Å². The van der Waals surface area contributed by atoms with Crippen molar-refractivity contribution in [3.05, 3.63) is 0 Å². The summed E-state index contributed by atoms with van der Waals surface area (Å²) in [7, 11) is 0. The smallest absolute Gasteiger partial charge is 0.00390 e. The van der Waals surface area contributed by atoms with Crippen LogP contribution in [0.3, 0.4) is 0 Å². The van der Waals surface area contributed by atoms with Crippen molar-refractivity contribution in [3.63, 3.8) is 0 Å². The van der Waals surface area contributed by atoms with E-state index in [0.29, 0.717) is 6.04 Å². The van der Waals surface area contributed by atoms with Gasteiger partial charge in [0.25, 0.3) is 0 Å². The molecule has 0 bridgehead atoms. The molecule has 0 atom stereocenters. The third kappa shape index (κ3) is 13.0. The molecule has 1 fully saturated rings. The Labute approximate surface area is 147 Å². The molecule has 1 nitrogen and oxygen atoms in total. The lowest BCUT2D eigenvalue weighted by Gasteiger charge is -2.25. The van der Waals surface area contributed by atoms with Crippen LogP contribution >= 0.6 is 0 Å². The Morgan fingerprint density at radius 1 is 0.565 bits per heavy atom. The average molecular weight is 324 g/mol. The van der Waals surface area contributed by atoms with Crippen LogP contribution in [0.25, 0.3) is 0 Å². The first-order valence-electron chi connectivity index (χ1n) is 11.1. The molecule has 1 saturated carbocycles. The molecule has 0 aromatic heterocycles. The minimum absolute atomic E-state index is 0.516. The Kier molecular flexibility index (Phi) is 14.1. The molecule has 0 saturated heterocycles. The SMILES string of the molecule is CCCCCCCCCCCCCCCCC1CCC(N)CC1. The van der Waals surface area contributed by atoms with E-state index in [1.165, 1.54) is 122 Å². The minimum atomic E-state index is 0.516. The van der Waals surface area contributed by atoms with E-state index in [2.05, 4.69) is 6.92 Å². The molecule has 0 aromatic carbocycles. The first-order chi connectivity index (χ1) is 11.3. The van der Waals surface area contributed by atoms with Gasteiger partial charge in [-0.1, -0.05) is 103 Å². The number of nitrogens with two attached hydrogens (primary N) is 1. The predicted octanol–water partition coefficient (Wildman–Crippen LogP) is 7.38. The maximum Gasteiger partial charge on any atom is 0.00390 e. The van der Waals surface area contributed by atoms with Gasteiger partial charge in [-0.3, -0.25) is 0 Å². The van der Waals surface area contributed by atoms with Crippen molar-refractivity contribution in [1.29, 1.82) is 0 Å². The highest BCUT2D eigenvalue weighted by Gasteiger charge is 2.17. The molecule has 0 amide bonds. The summed E-state index contributed by atoms with van der Waals surface area (Å²) < 4.78 is 0. The van der Waals surface area contributed by atoms with Crippen LogP contribution in [0, 0.1) is 5.92 Å². The lowest BCUT2D eigenvalue weighted by molar-refractivity contribution is 0.302. The molecule has 2 N–H and O–H groups in total. The first-order valence-corrected chi connectivity index (χ1v) is 11.1. The molecule has 23 heavy (non-hydrogen) atoms. The molecule has 1 aliphatic carbocycles. The van der Waals surface area contributed by atoms with Crippen molar-refractivity contribution < 1.29 is 0 Å². The second-order valence-electron chi connectivity index (χ2n) is 8.17. The number of rotatable bonds is 15. The second kappa shape index (κ2) is 15.5. The molecule has 0 aromatic rings. The van der Waals surface area contributed by atoms with Gasteiger partial charge in [0.1, 0.15) is 0 Å². The Bertz CT molecular complexity index is 230. The summed E-state index contributed by atoms with van der Waals surface area (Å²) in [5.41, 5.74) is 5.98. The standard InChI is InChI=1S/C22H45N/c1-2-3-4-5-6-7-8-9-10-11-12-13-14-15-16-21-17-19-22(23)20-18-21/h21-22H,2-20,23H2,1H3. The van der Waals surface area contributed by atoms with E-state index in [1.54, 1.807) is 0 Å². The summed E-state index contributed by atoms with van der Waals surface area (Å²) in [4.78, 5) is 0. The zero-order valence-corrected chi connectivity index (χ0v) is 16.2. The Hall–Kier alpha value is -0.0400. The molecule has 138 valence electrons. The van der Waals surface area contributed by atoms with Crippen molar-refractivity contribution >= 4 is 0 Å². The fourth-order valence-electron chi connectivity index (χ4n) is 4.10. The second-order valence-corrected chi connectivity index (χ2v) is 8.17. The van der Waals surface area contributed by atoms with Crippen molar-refractivity contribution in [3.8, 4) is 0 Å². The largest absolute Gasteiger partial charge is 0.328 e. The van der Waals surface area contributed by atoms with Crippen LogP contribution in [-0.4, -0.2) is 6.04 Å². The molecule has 0 aliphatic heterocycles. The van der Waals surface area contributed by atoms with Gasteiger partial charge >= 0.3 is 0 Å². The van der Waals surface area contributed by atoms with E-state index in [9.17, 15) is 0 Å². The molecule has 1 aliphatic rings. The van der Waals surface area contributed by atoms with Gasteiger partial charge < -0.3 is 5.73 Å². The molecule has 0 heterocycles. The maximum absolute atomic E-state index is 5.98. The molecule has 1 heteroatoms. The van der Waals surface area contributed by atoms with Gasteiger partial charge in [0.15, 0.2) is 0 Å². The normalized spacial score (nSPS) is 21.7. The summed E-state index contributed by atoms with van der Waals surface area (Å²) in [6.07, 6.45) is 27.4. The Morgan fingerprint density at radius 3 is 1.39 bits per heavy atom. The quantitative estimate of drug-likeness (QED) is 0.313. The third-order valence-corrected chi connectivity index (χ3v) is 5.86. The van der Waals surface area contributed by atoms with Gasteiger partial charge in [-0.05, 0) is 31.6 Å². The highest BCUT2D eigenvalue weighted by atomic mass is 14.6. The average Bonchev–Trinajstić information content (AvgIpc) is 2.57. The minimum Gasteiger partial charge on any atom is -0.328 e. The van der Waals surface area contributed by atoms with Crippen molar-refractivity contribution in [1.82, 2.24) is 0 Å². The summed E-state index contributed by atoms with van der Waals surface area (Å²) in [5.74, 6) is 1.01. The molecule has 0 spiro atoms. The summed E-state index contributed by atoms with van der Waals surface area (Å²) >= 11 is 0. The highest BCUT2D eigenvalue weighted by Crippen LogP contribution is 2.27. The topological polar surface area (TPSA) is 26.0 Å². The summed E-state index contributed by atoms with van der Waals surface area (Å²) in [6, 6.07) is 0.516. The van der Waals surface area contributed by atoms with E-state index in [0.717, 1.165) is 5.92 Å². The van der Waals surface area contributed by atoms with Gasteiger partial charge in [0, 0.05) is 6.04 Å². The zero-order valence-electron chi connectivity index (χ0n) is 16.2. The van der Waals surface area contributed by atoms with Crippen molar-refractivity contribution in [2.75, 3.05) is 0 Å². The van der Waals surface area contributed by atoms with Crippen LogP contribution in [0.15, 0.2) is 0 Å². The van der Waals surface area contributed by atoms with Crippen molar-refractivity contribution in [2.24, 2.45) is 11.7 Å². The Balaban J connectivity index is 1.70. The first kappa shape index (κ1) is 21.0. The summed E-state index contributed by atoms with van der Waals surface area (Å²) in [6.45, 7) is 2.30. The van der Waals surface area contributed by atoms with Gasteiger partial charge in [-0.2, -0.15) is 0 Å². The monoisotopic (exact) mass is 323 g/mol. The van der Waals surface area contributed by atoms with Crippen LogP contribution in [0.2, 0.25) is 0 Å². The van der Waals surface area contributed by atoms with E-state index < -0.39 is 0 Å². The Morgan fingerprint density at radius 2 is 0.957 bits per heavy atom. The zero-order chi connectivity index (χ0) is 16.6. The molecule has 0 unspecified atom stereocenters. The lowest BCUT2D eigenvalue weighted by Crippen LogP contribution is -2.26. The van der Waals surface area contributed by atoms with Gasteiger partial charge in [-0.25, -0.2) is 0 Å². The molecule has 0 radical (unpaired) electrons. The third-order valence-electron chi connectivity index (χ3n) is 5.86. The number of unbranched alkanes of at least 4 members (excludes halogenated alkanes) is 13. The number of hydrogen-bond donors (Lipinski definition) is 1. The van der Waals surface area contributed by atoms with Crippen LogP contribution in [-0.2, 0) is 0 Å². The number of hydrogen-bond acceptors (Lipinski definition) is 1. The van der Waals surface area contributed by atoms with E-state index in [-0.39, 0.29) is 0 Å². The molecular weight excluding hydrogens is 278 g/mol. The van der Waals surface area contributed by atoms with Crippen LogP contribution in [0.5, 0.6) is 0 Å². The fourth-order valence-corrected chi connectivity index (χ4v) is 4.10. The van der Waals surface area contributed by atoms with E-state index in [4.69, 9.17) is 5.73 Å². The maximum atomic E-state index is 5.98. The highest BCUT2D eigenvalue weighted by molar-refractivity contribution is 4.74. The van der Waals surface area contributed by atoms with Crippen LogP contribution in [0.1, 0.15) is 129 Å². The summed E-state index contributed by atoms with van der Waals surface area (Å²) in [5, 5.41) is 0.